The topological polar surface area (TPSA) is 29.5 Å². The standard InChI is InChI=1S/C10H13BrF2O2S/c1-6-4-8(16-10(6)11)7(14)2-3-15-5-9(12)13/h4,7,9,14H,2-3,5H2,1H3. The fraction of sp³-hybridized carbons (Fsp3) is 0.600. The molecule has 0 saturated heterocycles. The zero-order valence-corrected chi connectivity index (χ0v) is 11.2. The molecule has 0 aliphatic carbocycles. The molecule has 0 aromatic carbocycles. The van der Waals surface area contributed by atoms with Crippen molar-refractivity contribution in [3.05, 3.63) is 20.3 Å². The van der Waals surface area contributed by atoms with E-state index in [-0.39, 0.29) is 6.61 Å². The van der Waals surface area contributed by atoms with Crippen molar-refractivity contribution < 1.29 is 18.6 Å². The van der Waals surface area contributed by atoms with Crippen LogP contribution in [0.4, 0.5) is 8.78 Å². The molecule has 1 atom stereocenters. The Bertz CT molecular complexity index is 311. The number of alkyl halides is 2. The number of aryl methyl sites for hydroxylation is 1. The highest BCUT2D eigenvalue weighted by Gasteiger charge is 2.12. The summed E-state index contributed by atoms with van der Waals surface area (Å²) in [5.74, 6) is 0. The molecule has 1 unspecified atom stereocenters. The third kappa shape index (κ3) is 4.45. The molecule has 1 N–H and O–H groups in total. The van der Waals surface area contributed by atoms with Gasteiger partial charge in [-0.05, 0) is 34.5 Å². The van der Waals surface area contributed by atoms with Gasteiger partial charge >= 0.3 is 0 Å². The monoisotopic (exact) mass is 314 g/mol. The van der Waals surface area contributed by atoms with Crippen molar-refractivity contribution in [3.63, 3.8) is 0 Å². The Morgan fingerprint density at radius 3 is 2.75 bits per heavy atom. The van der Waals surface area contributed by atoms with Crippen LogP contribution in [0.15, 0.2) is 9.85 Å². The maximum Gasteiger partial charge on any atom is 0.261 e. The zero-order valence-electron chi connectivity index (χ0n) is 8.75. The molecule has 0 aliphatic rings. The van der Waals surface area contributed by atoms with Crippen LogP contribution in [-0.2, 0) is 4.74 Å². The summed E-state index contributed by atoms with van der Waals surface area (Å²) < 4.78 is 29.2. The van der Waals surface area contributed by atoms with E-state index in [2.05, 4.69) is 15.9 Å². The lowest BCUT2D eigenvalue weighted by molar-refractivity contribution is 0.00515. The minimum atomic E-state index is -2.45. The van der Waals surface area contributed by atoms with Gasteiger partial charge in [-0.15, -0.1) is 11.3 Å². The molecule has 1 heterocycles. The highest BCUT2D eigenvalue weighted by atomic mass is 79.9. The van der Waals surface area contributed by atoms with Crippen LogP contribution in [0, 0.1) is 6.92 Å². The second-order valence-corrected chi connectivity index (χ2v) is 5.78. The third-order valence-electron chi connectivity index (χ3n) is 1.98. The lowest BCUT2D eigenvalue weighted by Crippen LogP contribution is -2.08. The van der Waals surface area contributed by atoms with Gasteiger partial charge in [0.1, 0.15) is 6.61 Å². The second-order valence-electron chi connectivity index (χ2n) is 3.38. The van der Waals surface area contributed by atoms with Crippen molar-refractivity contribution >= 4 is 27.3 Å². The number of hydrogen-bond acceptors (Lipinski definition) is 3. The van der Waals surface area contributed by atoms with E-state index in [9.17, 15) is 13.9 Å². The molecule has 0 fully saturated rings. The van der Waals surface area contributed by atoms with E-state index in [0.717, 1.165) is 14.2 Å². The van der Waals surface area contributed by atoms with Crippen LogP contribution in [-0.4, -0.2) is 24.7 Å². The van der Waals surface area contributed by atoms with E-state index < -0.39 is 19.1 Å². The van der Waals surface area contributed by atoms with Gasteiger partial charge in [-0.2, -0.15) is 0 Å². The Morgan fingerprint density at radius 1 is 1.56 bits per heavy atom. The summed E-state index contributed by atoms with van der Waals surface area (Å²) in [5.41, 5.74) is 1.06. The van der Waals surface area contributed by atoms with E-state index >= 15 is 0 Å². The van der Waals surface area contributed by atoms with Crippen LogP contribution >= 0.6 is 27.3 Å². The Labute approximate surface area is 105 Å². The number of halogens is 3. The molecule has 0 bridgehead atoms. The van der Waals surface area contributed by atoms with Crippen LogP contribution in [0.3, 0.4) is 0 Å². The molecule has 1 aromatic heterocycles. The van der Waals surface area contributed by atoms with Crippen molar-refractivity contribution in [1.29, 1.82) is 0 Å². The summed E-state index contributed by atoms with van der Waals surface area (Å²) in [7, 11) is 0. The fourth-order valence-corrected chi connectivity index (χ4v) is 2.75. The number of rotatable bonds is 6. The summed E-state index contributed by atoms with van der Waals surface area (Å²) >= 11 is 4.81. The van der Waals surface area contributed by atoms with Crippen molar-refractivity contribution in [1.82, 2.24) is 0 Å². The average Bonchev–Trinajstić information content (AvgIpc) is 2.54. The zero-order chi connectivity index (χ0) is 12.1. The first-order valence-corrected chi connectivity index (χ1v) is 6.41. The van der Waals surface area contributed by atoms with Crippen molar-refractivity contribution in [2.75, 3.05) is 13.2 Å². The van der Waals surface area contributed by atoms with Crippen LogP contribution in [0.2, 0.25) is 0 Å². The molecule has 6 heteroatoms. The smallest absolute Gasteiger partial charge is 0.261 e. The first-order chi connectivity index (χ1) is 7.50. The molecule has 0 radical (unpaired) electrons. The first-order valence-electron chi connectivity index (χ1n) is 4.80. The Kier molecular flexibility index (Phi) is 5.82. The molecule has 1 aromatic rings. The largest absolute Gasteiger partial charge is 0.387 e. The van der Waals surface area contributed by atoms with E-state index in [1.165, 1.54) is 11.3 Å². The molecule has 0 amide bonds. The van der Waals surface area contributed by atoms with E-state index in [0.29, 0.717) is 6.42 Å². The summed E-state index contributed by atoms with van der Waals surface area (Å²) in [5, 5.41) is 9.75. The van der Waals surface area contributed by atoms with E-state index in [1.54, 1.807) is 0 Å². The van der Waals surface area contributed by atoms with Crippen molar-refractivity contribution in [2.45, 2.75) is 25.9 Å². The summed E-state index contributed by atoms with van der Waals surface area (Å²) in [6, 6.07) is 1.88. The van der Waals surface area contributed by atoms with Crippen LogP contribution in [0.5, 0.6) is 0 Å². The number of thiophene rings is 1. The molecular weight excluding hydrogens is 302 g/mol. The van der Waals surface area contributed by atoms with Gasteiger partial charge in [-0.3, -0.25) is 0 Å². The summed E-state index contributed by atoms with van der Waals surface area (Å²) in [4.78, 5) is 0.824. The van der Waals surface area contributed by atoms with Gasteiger partial charge in [-0.25, -0.2) is 8.78 Å². The van der Waals surface area contributed by atoms with Crippen LogP contribution in [0.1, 0.15) is 23.0 Å². The molecule has 16 heavy (non-hydrogen) atoms. The minimum absolute atomic E-state index is 0.139. The highest BCUT2D eigenvalue weighted by Crippen LogP contribution is 2.32. The van der Waals surface area contributed by atoms with Crippen LogP contribution in [0.25, 0.3) is 0 Å². The predicted octanol–water partition coefficient (Wildman–Crippen LogP) is 3.52. The normalized spacial score (nSPS) is 13.4. The number of hydrogen-bond donors (Lipinski definition) is 1. The first kappa shape index (κ1) is 14.0. The minimum Gasteiger partial charge on any atom is -0.387 e. The van der Waals surface area contributed by atoms with Gasteiger partial charge in [0.15, 0.2) is 0 Å². The summed E-state index contributed by atoms with van der Waals surface area (Å²) in [6.45, 7) is 1.50. The van der Waals surface area contributed by atoms with Crippen LogP contribution < -0.4 is 0 Å². The Balaban J connectivity index is 2.32. The van der Waals surface area contributed by atoms with Gasteiger partial charge in [0.25, 0.3) is 6.43 Å². The van der Waals surface area contributed by atoms with E-state index in [1.807, 2.05) is 13.0 Å². The molecule has 92 valence electrons. The molecule has 0 spiro atoms. The summed E-state index contributed by atoms with van der Waals surface area (Å²) in [6.07, 6.45) is -2.76. The fourth-order valence-electron chi connectivity index (χ4n) is 1.16. The van der Waals surface area contributed by atoms with Crippen molar-refractivity contribution in [2.24, 2.45) is 0 Å². The Morgan fingerprint density at radius 2 is 2.25 bits per heavy atom. The SMILES string of the molecule is Cc1cc(C(O)CCOCC(F)F)sc1Br. The molecule has 2 nitrogen and oxygen atoms in total. The lowest BCUT2D eigenvalue weighted by Gasteiger charge is -2.08. The van der Waals surface area contributed by atoms with E-state index in [4.69, 9.17) is 4.74 Å². The third-order valence-corrected chi connectivity index (χ3v) is 4.22. The number of aliphatic hydroxyl groups is 1. The maximum atomic E-state index is 11.7. The quantitative estimate of drug-likeness (QED) is 0.814. The van der Waals surface area contributed by atoms with Gasteiger partial charge in [0.05, 0.1) is 9.89 Å². The molecular formula is C10H13BrF2O2S. The maximum absolute atomic E-state index is 11.7. The van der Waals surface area contributed by atoms with Gasteiger partial charge < -0.3 is 9.84 Å². The van der Waals surface area contributed by atoms with Gasteiger partial charge in [0.2, 0.25) is 0 Å². The Hall–Kier alpha value is -0.0400. The molecule has 0 saturated carbocycles. The average molecular weight is 315 g/mol. The second kappa shape index (κ2) is 6.64. The van der Waals surface area contributed by atoms with Gasteiger partial charge in [-0.1, -0.05) is 0 Å². The molecule has 1 rings (SSSR count). The number of aliphatic hydroxyl groups excluding tert-OH is 1. The van der Waals surface area contributed by atoms with Crippen molar-refractivity contribution in [3.8, 4) is 0 Å². The highest BCUT2D eigenvalue weighted by molar-refractivity contribution is 9.11. The number of ether oxygens (including phenoxy) is 1. The van der Waals surface area contributed by atoms with Gasteiger partial charge in [0, 0.05) is 17.9 Å². The molecule has 0 aliphatic heterocycles. The predicted molar refractivity (Wildman–Crippen MR) is 63.2 cm³/mol. The lowest BCUT2D eigenvalue weighted by atomic mass is 10.2.